The van der Waals surface area contributed by atoms with Gasteiger partial charge in [0.1, 0.15) is 0 Å². The predicted octanol–water partition coefficient (Wildman–Crippen LogP) is 5.01. The van der Waals surface area contributed by atoms with Crippen LogP contribution in [-0.4, -0.2) is 19.0 Å². The molecule has 2 aromatic rings. The van der Waals surface area contributed by atoms with Crippen LogP contribution in [-0.2, 0) is 11.2 Å². The van der Waals surface area contributed by atoms with E-state index in [1.54, 1.807) is 0 Å². The number of piperidine rings is 1. The van der Waals surface area contributed by atoms with Gasteiger partial charge in [-0.1, -0.05) is 46.3 Å². The summed E-state index contributed by atoms with van der Waals surface area (Å²) < 4.78 is 1.06. The molecule has 1 N–H and O–H groups in total. The third kappa shape index (κ3) is 4.38. The van der Waals surface area contributed by atoms with Gasteiger partial charge >= 0.3 is 0 Å². The van der Waals surface area contributed by atoms with Crippen molar-refractivity contribution in [3.8, 4) is 0 Å². The van der Waals surface area contributed by atoms with E-state index < -0.39 is 0 Å². The lowest BCUT2D eigenvalue weighted by Gasteiger charge is -2.30. The van der Waals surface area contributed by atoms with Crippen LogP contribution < -0.4 is 10.2 Å². The molecule has 24 heavy (non-hydrogen) atoms. The lowest BCUT2D eigenvalue weighted by molar-refractivity contribution is -0.116. The summed E-state index contributed by atoms with van der Waals surface area (Å²) in [6.45, 7) is 2.15. The Labute approximate surface area is 152 Å². The molecule has 4 heteroatoms. The quantitative estimate of drug-likeness (QED) is 0.782. The average molecular weight is 387 g/mol. The van der Waals surface area contributed by atoms with E-state index in [1.165, 1.54) is 19.3 Å². The smallest absolute Gasteiger partial charge is 0.224 e. The number of halogens is 1. The van der Waals surface area contributed by atoms with Crippen LogP contribution in [0, 0.1) is 0 Å². The second kappa shape index (κ2) is 8.34. The van der Waals surface area contributed by atoms with Crippen molar-refractivity contribution in [2.75, 3.05) is 23.3 Å². The number of para-hydroxylation sites is 2. The van der Waals surface area contributed by atoms with Crippen LogP contribution in [0.3, 0.4) is 0 Å². The number of aryl methyl sites for hydroxylation is 1. The van der Waals surface area contributed by atoms with Gasteiger partial charge in [-0.3, -0.25) is 4.79 Å². The molecular formula is C20H23BrN2O. The molecule has 3 nitrogen and oxygen atoms in total. The van der Waals surface area contributed by atoms with Crippen molar-refractivity contribution < 1.29 is 4.79 Å². The van der Waals surface area contributed by atoms with Crippen molar-refractivity contribution >= 4 is 33.2 Å². The highest BCUT2D eigenvalue weighted by molar-refractivity contribution is 9.10. The van der Waals surface area contributed by atoms with Gasteiger partial charge in [-0.25, -0.2) is 0 Å². The average Bonchev–Trinajstić information content (AvgIpc) is 2.62. The second-order valence-electron chi connectivity index (χ2n) is 6.20. The SMILES string of the molecule is O=C(CCc1ccccc1Br)Nc1ccccc1N1CCCCC1. The Morgan fingerprint density at radius 1 is 1.00 bits per heavy atom. The number of carbonyl (C=O) groups is 1. The van der Waals surface area contributed by atoms with Gasteiger partial charge in [0.05, 0.1) is 11.4 Å². The molecule has 0 bridgehead atoms. The lowest BCUT2D eigenvalue weighted by atomic mass is 10.1. The number of amides is 1. The first-order valence-corrected chi connectivity index (χ1v) is 9.40. The Kier molecular flexibility index (Phi) is 5.91. The molecule has 1 aliphatic heterocycles. The van der Waals surface area contributed by atoms with E-state index in [9.17, 15) is 4.79 Å². The molecule has 3 rings (SSSR count). The molecule has 0 aromatic heterocycles. The molecule has 0 spiro atoms. The molecule has 1 fully saturated rings. The number of carbonyl (C=O) groups excluding carboxylic acids is 1. The molecule has 2 aromatic carbocycles. The van der Waals surface area contributed by atoms with Gasteiger partial charge in [0.15, 0.2) is 0 Å². The van der Waals surface area contributed by atoms with E-state index >= 15 is 0 Å². The van der Waals surface area contributed by atoms with E-state index in [0.717, 1.165) is 40.9 Å². The summed E-state index contributed by atoms with van der Waals surface area (Å²) >= 11 is 3.54. The molecule has 1 saturated heterocycles. The van der Waals surface area contributed by atoms with Crippen molar-refractivity contribution in [1.29, 1.82) is 0 Å². The minimum absolute atomic E-state index is 0.0650. The maximum Gasteiger partial charge on any atom is 0.224 e. The lowest BCUT2D eigenvalue weighted by Crippen LogP contribution is -2.30. The maximum atomic E-state index is 12.4. The highest BCUT2D eigenvalue weighted by Gasteiger charge is 2.15. The van der Waals surface area contributed by atoms with Crippen molar-refractivity contribution in [2.24, 2.45) is 0 Å². The van der Waals surface area contributed by atoms with Crippen LogP contribution in [0.2, 0.25) is 0 Å². The van der Waals surface area contributed by atoms with Gasteiger partial charge < -0.3 is 10.2 Å². The van der Waals surface area contributed by atoms with Crippen LogP contribution in [0.25, 0.3) is 0 Å². The molecule has 0 unspecified atom stereocenters. The topological polar surface area (TPSA) is 32.3 Å². The molecule has 1 amide bonds. The van der Waals surface area contributed by atoms with E-state index in [1.807, 2.05) is 36.4 Å². The predicted molar refractivity (Wildman–Crippen MR) is 104 cm³/mol. The fraction of sp³-hybridized carbons (Fsp3) is 0.350. The van der Waals surface area contributed by atoms with Gasteiger partial charge in [-0.05, 0) is 49.4 Å². The summed E-state index contributed by atoms with van der Waals surface area (Å²) in [6.07, 6.45) is 4.97. The highest BCUT2D eigenvalue weighted by atomic mass is 79.9. The van der Waals surface area contributed by atoms with Gasteiger partial charge in [0.2, 0.25) is 5.91 Å². The van der Waals surface area contributed by atoms with E-state index in [-0.39, 0.29) is 5.91 Å². The standard InChI is InChI=1S/C20H23BrN2O/c21-17-9-3-2-8-16(17)12-13-20(24)22-18-10-4-5-11-19(18)23-14-6-1-7-15-23/h2-5,8-11H,1,6-7,12-15H2,(H,22,24). The molecule has 1 heterocycles. The molecular weight excluding hydrogens is 364 g/mol. The minimum Gasteiger partial charge on any atom is -0.370 e. The molecule has 0 radical (unpaired) electrons. The fourth-order valence-corrected chi connectivity index (χ4v) is 3.63. The zero-order valence-electron chi connectivity index (χ0n) is 13.8. The number of hydrogen-bond acceptors (Lipinski definition) is 2. The zero-order chi connectivity index (χ0) is 16.8. The largest absolute Gasteiger partial charge is 0.370 e. The number of hydrogen-bond donors (Lipinski definition) is 1. The Balaban J connectivity index is 1.63. The Hall–Kier alpha value is -1.81. The Morgan fingerprint density at radius 2 is 1.71 bits per heavy atom. The highest BCUT2D eigenvalue weighted by Crippen LogP contribution is 2.28. The number of nitrogens with zero attached hydrogens (tertiary/aromatic N) is 1. The summed E-state index contributed by atoms with van der Waals surface area (Å²) in [4.78, 5) is 14.8. The summed E-state index contributed by atoms with van der Waals surface area (Å²) in [7, 11) is 0. The first kappa shape index (κ1) is 17.0. The first-order chi connectivity index (χ1) is 11.7. The van der Waals surface area contributed by atoms with Gasteiger partial charge in [0, 0.05) is 24.0 Å². The van der Waals surface area contributed by atoms with Crippen molar-refractivity contribution in [3.05, 3.63) is 58.6 Å². The molecule has 0 saturated carbocycles. The third-order valence-corrected chi connectivity index (χ3v) is 5.23. The Morgan fingerprint density at radius 3 is 2.50 bits per heavy atom. The monoisotopic (exact) mass is 386 g/mol. The first-order valence-electron chi connectivity index (χ1n) is 8.61. The van der Waals surface area contributed by atoms with E-state index in [0.29, 0.717) is 6.42 Å². The van der Waals surface area contributed by atoms with E-state index in [2.05, 4.69) is 38.3 Å². The molecule has 0 atom stereocenters. The second-order valence-corrected chi connectivity index (χ2v) is 7.06. The van der Waals surface area contributed by atoms with Crippen LogP contribution in [0.1, 0.15) is 31.2 Å². The van der Waals surface area contributed by atoms with Crippen LogP contribution in [0.5, 0.6) is 0 Å². The minimum atomic E-state index is 0.0650. The molecule has 1 aliphatic rings. The zero-order valence-corrected chi connectivity index (χ0v) is 15.4. The fourth-order valence-electron chi connectivity index (χ4n) is 3.15. The summed E-state index contributed by atoms with van der Waals surface area (Å²) in [5.74, 6) is 0.0650. The maximum absolute atomic E-state index is 12.4. The van der Waals surface area contributed by atoms with Gasteiger partial charge in [-0.2, -0.15) is 0 Å². The van der Waals surface area contributed by atoms with Gasteiger partial charge in [0.25, 0.3) is 0 Å². The number of anilines is 2. The van der Waals surface area contributed by atoms with Gasteiger partial charge in [-0.15, -0.1) is 0 Å². The normalized spacial score (nSPS) is 14.5. The molecule has 0 aliphatic carbocycles. The number of benzene rings is 2. The Bertz CT molecular complexity index is 696. The van der Waals surface area contributed by atoms with Crippen LogP contribution in [0.4, 0.5) is 11.4 Å². The van der Waals surface area contributed by atoms with E-state index in [4.69, 9.17) is 0 Å². The summed E-state index contributed by atoms with van der Waals surface area (Å²) in [6, 6.07) is 16.2. The van der Waals surface area contributed by atoms with Crippen LogP contribution >= 0.6 is 15.9 Å². The number of nitrogens with one attached hydrogen (secondary N) is 1. The van der Waals surface area contributed by atoms with Crippen molar-refractivity contribution in [2.45, 2.75) is 32.1 Å². The summed E-state index contributed by atoms with van der Waals surface area (Å²) in [5.41, 5.74) is 3.24. The van der Waals surface area contributed by atoms with Crippen molar-refractivity contribution in [3.63, 3.8) is 0 Å². The number of rotatable bonds is 5. The third-order valence-electron chi connectivity index (χ3n) is 4.45. The summed E-state index contributed by atoms with van der Waals surface area (Å²) in [5, 5.41) is 3.10. The molecule has 126 valence electrons. The van der Waals surface area contributed by atoms with Crippen molar-refractivity contribution in [1.82, 2.24) is 0 Å². The van der Waals surface area contributed by atoms with Crippen LogP contribution in [0.15, 0.2) is 53.0 Å².